The molecule has 0 saturated carbocycles. The van der Waals surface area contributed by atoms with Crippen LogP contribution in [0.3, 0.4) is 0 Å². The molecular weight excluding hydrogens is 455 g/mol. The van der Waals surface area contributed by atoms with Crippen LogP contribution < -0.4 is 9.88 Å². The third-order valence-electron chi connectivity index (χ3n) is 4.02. The topological polar surface area (TPSA) is 33.0 Å². The average molecular weight is 477 g/mol. The van der Waals surface area contributed by atoms with Crippen LogP contribution in [0, 0.1) is 0 Å². The molecule has 3 nitrogen and oxygen atoms in total. The van der Waals surface area contributed by atoms with Crippen LogP contribution in [-0.4, -0.2) is 10.3 Å². The number of aryl methyl sites for hydroxylation is 1. The molecule has 1 amide bonds. The van der Waals surface area contributed by atoms with Gasteiger partial charge >= 0.3 is 0 Å². The second kappa shape index (κ2) is 9.28. The molecule has 0 aliphatic rings. The fraction of sp³-hybridized carbons (Fsp3) is 0.238. The number of aromatic nitrogens is 1. The summed E-state index contributed by atoms with van der Waals surface area (Å²) in [6.45, 7) is 2.51. The van der Waals surface area contributed by atoms with E-state index in [1.54, 1.807) is 18.3 Å². The Morgan fingerprint density at radius 1 is 1.12 bits per heavy atom. The average Bonchev–Trinajstić information content (AvgIpc) is 3.01. The van der Waals surface area contributed by atoms with Crippen molar-refractivity contribution in [3.05, 3.63) is 65.2 Å². The summed E-state index contributed by atoms with van der Waals surface area (Å²) in [4.78, 5) is 11.8. The van der Waals surface area contributed by atoms with Gasteiger partial charge in [0.25, 0.3) is 5.01 Å². The molecule has 1 heterocycles. The van der Waals surface area contributed by atoms with Crippen molar-refractivity contribution in [2.75, 3.05) is 4.43 Å². The highest BCUT2D eigenvalue weighted by Crippen LogP contribution is 2.26. The number of carbonyl (C=O) groups is 1. The van der Waals surface area contributed by atoms with Crippen LogP contribution in [-0.2, 0) is 11.3 Å². The molecule has 0 fully saturated rings. The van der Waals surface area contributed by atoms with E-state index in [-0.39, 0.29) is 5.91 Å². The van der Waals surface area contributed by atoms with Gasteiger partial charge in [0.05, 0.1) is 0 Å². The van der Waals surface area contributed by atoms with E-state index in [2.05, 4.69) is 74.9 Å². The Hall–Kier alpha value is -1.73. The van der Waals surface area contributed by atoms with Gasteiger partial charge in [-0.2, -0.15) is 4.57 Å². The summed E-state index contributed by atoms with van der Waals surface area (Å²) < 4.78 is 4.74. The fourth-order valence-corrected chi connectivity index (χ4v) is 4.58. The van der Waals surface area contributed by atoms with E-state index in [0.29, 0.717) is 0 Å². The zero-order valence-corrected chi connectivity index (χ0v) is 17.7. The largest absolute Gasteiger partial charge is 0.320 e. The monoisotopic (exact) mass is 477 g/mol. The number of para-hydroxylation sites is 1. The Morgan fingerprint density at radius 2 is 1.85 bits per heavy atom. The Bertz CT molecular complexity index is 918. The van der Waals surface area contributed by atoms with Crippen molar-refractivity contribution >= 4 is 61.8 Å². The van der Waals surface area contributed by atoms with Gasteiger partial charge in [-0.15, -0.1) is 0 Å². The number of nitrogens with one attached hydrogen (secondary N) is 1. The molecule has 0 unspecified atom stereocenters. The van der Waals surface area contributed by atoms with Gasteiger partial charge in [-0.25, -0.2) is 0 Å². The molecule has 0 spiro atoms. The Kier molecular flexibility index (Phi) is 6.80. The van der Waals surface area contributed by atoms with E-state index in [4.69, 9.17) is 0 Å². The number of carbonyl (C=O) groups excluding carboxylic acids is 1. The molecule has 134 valence electrons. The van der Waals surface area contributed by atoms with Gasteiger partial charge in [0.2, 0.25) is 11.4 Å². The standard InChI is InChI=1S/C21H21IN2OS/c1-16(25)23-18(15-17-9-3-2-4-10-17)21-24(14-8-7-13-22)19-11-5-6-12-20(19)26-21/h2-6,9-12,15H,7-8,13-14H2,1H3/p+1/b18-15+. The molecule has 1 N–H and O–H groups in total. The molecule has 3 rings (SSSR count). The molecule has 0 saturated heterocycles. The van der Waals surface area contributed by atoms with Crippen LogP contribution in [0.1, 0.15) is 30.3 Å². The van der Waals surface area contributed by atoms with Crippen LogP contribution in [0.5, 0.6) is 0 Å². The molecule has 0 radical (unpaired) electrons. The highest BCUT2D eigenvalue weighted by Gasteiger charge is 2.24. The van der Waals surface area contributed by atoms with E-state index >= 15 is 0 Å². The number of amides is 1. The lowest BCUT2D eigenvalue weighted by Gasteiger charge is -2.06. The maximum atomic E-state index is 11.8. The van der Waals surface area contributed by atoms with Crippen molar-refractivity contribution in [3.8, 4) is 0 Å². The molecular formula is C21H22IN2OS+. The molecule has 26 heavy (non-hydrogen) atoms. The lowest BCUT2D eigenvalue weighted by molar-refractivity contribution is -0.669. The van der Waals surface area contributed by atoms with Crippen LogP contribution in [0.2, 0.25) is 0 Å². The van der Waals surface area contributed by atoms with Gasteiger partial charge in [-0.05, 0) is 28.6 Å². The number of halogens is 1. The molecule has 3 aromatic rings. The van der Waals surface area contributed by atoms with E-state index in [0.717, 1.165) is 33.7 Å². The van der Waals surface area contributed by atoms with Gasteiger partial charge in [0.15, 0.2) is 6.54 Å². The third kappa shape index (κ3) is 4.71. The first-order valence-electron chi connectivity index (χ1n) is 8.71. The number of alkyl halides is 1. The zero-order valence-electron chi connectivity index (χ0n) is 14.7. The van der Waals surface area contributed by atoms with Gasteiger partial charge < -0.3 is 5.32 Å². The summed E-state index contributed by atoms with van der Waals surface area (Å²) in [5.74, 6) is -0.0524. The minimum Gasteiger partial charge on any atom is -0.320 e. The summed E-state index contributed by atoms with van der Waals surface area (Å²) in [5, 5.41) is 4.14. The van der Waals surface area contributed by atoms with Crippen molar-refractivity contribution in [3.63, 3.8) is 0 Å². The minimum absolute atomic E-state index is 0.0524. The van der Waals surface area contributed by atoms with Crippen molar-refractivity contribution < 1.29 is 9.36 Å². The predicted molar refractivity (Wildman–Crippen MR) is 118 cm³/mol. The highest BCUT2D eigenvalue weighted by atomic mass is 127. The summed E-state index contributed by atoms with van der Waals surface area (Å²) in [7, 11) is 0. The van der Waals surface area contributed by atoms with Crippen LogP contribution >= 0.6 is 33.9 Å². The highest BCUT2D eigenvalue weighted by molar-refractivity contribution is 14.1. The van der Waals surface area contributed by atoms with E-state index in [1.165, 1.54) is 16.6 Å². The van der Waals surface area contributed by atoms with E-state index in [1.807, 2.05) is 18.2 Å². The van der Waals surface area contributed by atoms with E-state index in [9.17, 15) is 4.79 Å². The number of thiazole rings is 1. The van der Waals surface area contributed by atoms with Crippen molar-refractivity contribution in [2.45, 2.75) is 26.3 Å². The molecule has 1 aromatic heterocycles. The summed E-state index contributed by atoms with van der Waals surface area (Å²) in [6.07, 6.45) is 4.37. The lowest BCUT2D eigenvalue weighted by atomic mass is 10.2. The Labute approximate surface area is 171 Å². The molecule has 0 atom stereocenters. The maximum Gasteiger partial charge on any atom is 0.286 e. The fourth-order valence-electron chi connectivity index (χ4n) is 2.88. The second-order valence-electron chi connectivity index (χ2n) is 6.07. The van der Waals surface area contributed by atoms with Crippen LogP contribution in [0.15, 0.2) is 54.6 Å². The lowest BCUT2D eigenvalue weighted by Crippen LogP contribution is -2.38. The van der Waals surface area contributed by atoms with Crippen LogP contribution in [0.25, 0.3) is 22.0 Å². The molecule has 0 aliphatic carbocycles. The van der Waals surface area contributed by atoms with Crippen LogP contribution in [0.4, 0.5) is 0 Å². The zero-order chi connectivity index (χ0) is 18.4. The second-order valence-corrected chi connectivity index (χ2v) is 8.18. The molecule has 0 aliphatic heterocycles. The Balaban J connectivity index is 2.10. The number of rotatable bonds is 7. The number of fused-ring (bicyclic) bond motifs is 1. The Morgan fingerprint density at radius 3 is 2.58 bits per heavy atom. The first kappa shape index (κ1) is 19.0. The molecule has 5 heteroatoms. The third-order valence-corrected chi connectivity index (χ3v) is 5.99. The summed E-state index contributed by atoms with van der Waals surface area (Å²) in [6, 6.07) is 18.6. The van der Waals surface area contributed by atoms with Crippen molar-refractivity contribution in [1.29, 1.82) is 0 Å². The van der Waals surface area contributed by atoms with Crippen molar-refractivity contribution in [2.24, 2.45) is 0 Å². The molecule has 0 bridgehead atoms. The summed E-state index contributed by atoms with van der Waals surface area (Å²) >= 11 is 4.15. The number of nitrogens with zero attached hydrogens (tertiary/aromatic N) is 1. The smallest absolute Gasteiger partial charge is 0.286 e. The first-order chi connectivity index (χ1) is 12.7. The first-order valence-corrected chi connectivity index (χ1v) is 11.1. The molecule has 2 aromatic carbocycles. The number of hydrogen-bond acceptors (Lipinski definition) is 2. The predicted octanol–water partition coefficient (Wildman–Crippen LogP) is 5.04. The number of benzene rings is 2. The van der Waals surface area contributed by atoms with Gasteiger partial charge in [0, 0.05) is 19.4 Å². The number of unbranched alkanes of at least 4 members (excludes halogenated alkanes) is 1. The normalized spacial score (nSPS) is 11.7. The quantitative estimate of drug-likeness (QED) is 0.220. The van der Waals surface area contributed by atoms with E-state index < -0.39 is 0 Å². The van der Waals surface area contributed by atoms with Crippen molar-refractivity contribution in [1.82, 2.24) is 5.32 Å². The summed E-state index contributed by atoms with van der Waals surface area (Å²) in [5.41, 5.74) is 3.16. The van der Waals surface area contributed by atoms with Gasteiger partial charge in [-0.3, -0.25) is 4.79 Å². The number of hydrogen-bond donors (Lipinski definition) is 1. The van der Waals surface area contributed by atoms with Gasteiger partial charge in [-0.1, -0.05) is 76.4 Å². The maximum absolute atomic E-state index is 11.8. The SMILES string of the molecule is CC(=O)N/C(=C/c1ccccc1)c1sc2ccccc2[n+]1CCCCI. The van der Waals surface area contributed by atoms with Gasteiger partial charge in [0.1, 0.15) is 10.4 Å². The minimum atomic E-state index is -0.0524.